The van der Waals surface area contributed by atoms with Gasteiger partial charge in [-0.1, -0.05) is 43.9 Å². The fraction of sp³-hybridized carbons (Fsp3) is 0.364. The molecule has 0 fully saturated rings. The van der Waals surface area contributed by atoms with E-state index in [1.807, 2.05) is 0 Å². The van der Waals surface area contributed by atoms with Gasteiger partial charge >= 0.3 is 0 Å². The number of carbonyl (C=O) groups excluding carboxylic acids is 3. The van der Waals surface area contributed by atoms with Crippen LogP contribution >= 0.6 is 0 Å². The first-order valence-corrected chi connectivity index (χ1v) is 15.0. The van der Waals surface area contributed by atoms with E-state index in [4.69, 9.17) is 0 Å². The van der Waals surface area contributed by atoms with Crippen LogP contribution in [0.1, 0.15) is 82.4 Å². The summed E-state index contributed by atoms with van der Waals surface area (Å²) in [5, 5.41) is 64.4. The smallest absolute Gasteiger partial charge is 0.257 e. The van der Waals surface area contributed by atoms with Crippen LogP contribution in [0.25, 0.3) is 0 Å². The molecule has 0 saturated heterocycles. The van der Waals surface area contributed by atoms with Gasteiger partial charge in [-0.3, -0.25) is 14.4 Å². The normalized spacial score (nSPS) is 10.8. The van der Waals surface area contributed by atoms with Crippen molar-refractivity contribution >= 4 is 17.7 Å². The topological polar surface area (TPSA) is 200 Å². The highest BCUT2D eigenvalue weighted by atomic mass is 16.3. The Morgan fingerprint density at radius 2 is 0.844 bits per heavy atom. The lowest BCUT2D eigenvalue weighted by Gasteiger charge is -2.23. The summed E-state index contributed by atoms with van der Waals surface area (Å²) < 4.78 is 0. The largest absolute Gasteiger partial charge is 0.504 e. The molecule has 3 aromatic rings. The summed E-state index contributed by atoms with van der Waals surface area (Å²) in [7, 11) is 0. The molecular weight excluding hydrogens is 582 g/mol. The van der Waals surface area contributed by atoms with Crippen molar-refractivity contribution in [2.24, 2.45) is 0 Å². The molecule has 0 aromatic heterocycles. The summed E-state index contributed by atoms with van der Waals surface area (Å²) in [4.78, 5) is 39.4. The summed E-state index contributed by atoms with van der Waals surface area (Å²) in [6, 6.07) is 12.6. The van der Waals surface area contributed by atoms with E-state index in [-0.39, 0.29) is 39.8 Å². The number of benzene rings is 3. The van der Waals surface area contributed by atoms with Crippen molar-refractivity contribution in [2.75, 3.05) is 26.2 Å². The number of hydrogen-bond acceptors (Lipinski definition) is 9. The second-order valence-electron chi connectivity index (χ2n) is 10.7. The number of nitrogens with one attached hydrogen (secondary N) is 2. The summed E-state index contributed by atoms with van der Waals surface area (Å²) in [6.45, 7) is 1.62. The molecular formula is C33H41N3O9. The summed E-state index contributed by atoms with van der Waals surface area (Å²) in [5.74, 6) is -3.84. The van der Waals surface area contributed by atoms with E-state index >= 15 is 0 Å². The number of carbonyl (C=O) groups is 3. The summed E-state index contributed by atoms with van der Waals surface area (Å²) >= 11 is 0. The lowest BCUT2D eigenvalue weighted by Crippen LogP contribution is -2.33. The molecule has 3 rings (SSSR count). The van der Waals surface area contributed by atoms with Crippen LogP contribution in [0.3, 0.4) is 0 Å². The van der Waals surface area contributed by atoms with Crippen LogP contribution in [-0.2, 0) is 0 Å². The Labute approximate surface area is 261 Å². The minimum Gasteiger partial charge on any atom is -0.504 e. The molecule has 0 aliphatic carbocycles. The van der Waals surface area contributed by atoms with Gasteiger partial charge in [-0.15, -0.1) is 0 Å². The Morgan fingerprint density at radius 3 is 1.27 bits per heavy atom. The van der Waals surface area contributed by atoms with Crippen LogP contribution in [-0.4, -0.2) is 79.4 Å². The third-order valence-corrected chi connectivity index (χ3v) is 7.33. The van der Waals surface area contributed by atoms with E-state index in [9.17, 15) is 45.0 Å². The number of nitrogens with zero attached hydrogens (tertiary/aromatic N) is 1. The van der Waals surface area contributed by atoms with E-state index in [2.05, 4.69) is 10.6 Å². The highest BCUT2D eigenvalue weighted by Gasteiger charge is 2.20. The van der Waals surface area contributed by atoms with Crippen molar-refractivity contribution < 1.29 is 45.0 Å². The Hall–Kier alpha value is -5.13. The number of rotatable bonds is 17. The molecule has 0 saturated carbocycles. The summed E-state index contributed by atoms with van der Waals surface area (Å²) in [5.41, 5.74) is 0.0151. The maximum atomic E-state index is 13.3. The zero-order valence-corrected chi connectivity index (χ0v) is 25.0. The molecule has 12 nitrogen and oxygen atoms in total. The monoisotopic (exact) mass is 623 g/mol. The second-order valence-corrected chi connectivity index (χ2v) is 10.7. The van der Waals surface area contributed by atoms with Crippen molar-refractivity contribution in [3.63, 3.8) is 0 Å². The van der Waals surface area contributed by atoms with Crippen molar-refractivity contribution in [3.8, 4) is 34.5 Å². The average molecular weight is 624 g/mol. The molecule has 12 heteroatoms. The molecule has 8 N–H and O–H groups in total. The quantitative estimate of drug-likeness (QED) is 0.0795. The predicted octanol–water partition coefficient (Wildman–Crippen LogP) is 4.34. The van der Waals surface area contributed by atoms with Crippen LogP contribution in [0, 0.1) is 0 Å². The second kappa shape index (κ2) is 17.2. The van der Waals surface area contributed by atoms with E-state index in [0.29, 0.717) is 51.9 Å². The first kappa shape index (κ1) is 34.4. The van der Waals surface area contributed by atoms with E-state index in [1.54, 1.807) is 4.90 Å². The van der Waals surface area contributed by atoms with Gasteiger partial charge in [0.15, 0.2) is 34.5 Å². The first-order valence-electron chi connectivity index (χ1n) is 15.0. The number of unbranched alkanes of at least 4 members (excludes halogenated alkanes) is 6. The standard InChI is InChI=1S/C33H41N3O9/c37-25-15-9-12-22(28(25)40)31(43)34-18-5-1-3-7-20-36(33(45)24-14-11-17-27(39)30(24)42)21-8-4-2-6-19-35-32(44)23-13-10-16-26(38)29(23)41/h9-17,37-42H,1-8,18-21H2,(H,34,43)(H,35,44). The van der Waals surface area contributed by atoms with Crippen molar-refractivity contribution in [1.82, 2.24) is 15.5 Å². The van der Waals surface area contributed by atoms with Gasteiger partial charge in [0.05, 0.1) is 16.7 Å². The predicted molar refractivity (Wildman–Crippen MR) is 167 cm³/mol. The van der Waals surface area contributed by atoms with Gasteiger partial charge in [-0.25, -0.2) is 0 Å². The molecule has 0 atom stereocenters. The number of aromatic hydroxyl groups is 6. The number of phenolic OH excluding ortho intramolecular Hbond substituents is 6. The minimum atomic E-state index is -0.482. The van der Waals surface area contributed by atoms with Gasteiger partial charge in [0.2, 0.25) is 0 Å². The third-order valence-electron chi connectivity index (χ3n) is 7.33. The van der Waals surface area contributed by atoms with Crippen LogP contribution in [0.2, 0.25) is 0 Å². The SMILES string of the molecule is O=C(NCCCCCCN(CCCCCCNC(=O)c1cccc(O)c1O)C(=O)c1cccc(O)c1O)c1cccc(O)c1O. The molecule has 0 bridgehead atoms. The van der Waals surface area contributed by atoms with E-state index < -0.39 is 29.1 Å². The summed E-state index contributed by atoms with van der Waals surface area (Å²) in [6.07, 6.45) is 5.81. The van der Waals surface area contributed by atoms with Crippen LogP contribution < -0.4 is 10.6 Å². The van der Waals surface area contributed by atoms with Gasteiger partial charge in [0.1, 0.15) is 0 Å². The Balaban J connectivity index is 1.41. The van der Waals surface area contributed by atoms with E-state index in [1.165, 1.54) is 54.6 Å². The molecule has 0 radical (unpaired) electrons. The zero-order valence-electron chi connectivity index (χ0n) is 25.0. The fourth-order valence-electron chi connectivity index (χ4n) is 4.77. The number of para-hydroxylation sites is 3. The molecule has 0 heterocycles. The molecule has 0 aliphatic heterocycles. The van der Waals surface area contributed by atoms with Crippen molar-refractivity contribution in [3.05, 3.63) is 71.3 Å². The molecule has 242 valence electrons. The van der Waals surface area contributed by atoms with Crippen molar-refractivity contribution in [1.29, 1.82) is 0 Å². The maximum Gasteiger partial charge on any atom is 0.257 e. The van der Waals surface area contributed by atoms with Crippen LogP contribution in [0.5, 0.6) is 34.5 Å². The van der Waals surface area contributed by atoms with Crippen LogP contribution in [0.15, 0.2) is 54.6 Å². The molecule has 0 unspecified atom stereocenters. The van der Waals surface area contributed by atoms with Gasteiger partial charge in [-0.05, 0) is 62.1 Å². The zero-order chi connectivity index (χ0) is 32.8. The Bertz CT molecular complexity index is 1380. The molecule has 0 aliphatic rings. The van der Waals surface area contributed by atoms with Gasteiger partial charge in [0, 0.05) is 26.2 Å². The van der Waals surface area contributed by atoms with Crippen molar-refractivity contribution in [2.45, 2.75) is 51.4 Å². The number of amides is 3. The Kier molecular flexibility index (Phi) is 13.2. The van der Waals surface area contributed by atoms with Gasteiger partial charge < -0.3 is 46.2 Å². The highest BCUT2D eigenvalue weighted by molar-refractivity contribution is 5.98. The number of hydrogen-bond donors (Lipinski definition) is 8. The third kappa shape index (κ3) is 9.95. The van der Waals surface area contributed by atoms with Gasteiger partial charge in [-0.2, -0.15) is 0 Å². The molecule has 3 amide bonds. The molecule has 3 aromatic carbocycles. The average Bonchev–Trinajstić information content (AvgIpc) is 3.02. The number of phenols is 6. The maximum absolute atomic E-state index is 13.3. The molecule has 0 spiro atoms. The van der Waals surface area contributed by atoms with Gasteiger partial charge in [0.25, 0.3) is 17.7 Å². The van der Waals surface area contributed by atoms with Crippen LogP contribution in [0.4, 0.5) is 0 Å². The Morgan fingerprint density at radius 1 is 0.489 bits per heavy atom. The highest BCUT2D eigenvalue weighted by Crippen LogP contribution is 2.30. The lowest BCUT2D eigenvalue weighted by molar-refractivity contribution is 0.0744. The first-order chi connectivity index (χ1) is 21.6. The fourth-order valence-corrected chi connectivity index (χ4v) is 4.77. The van der Waals surface area contributed by atoms with E-state index in [0.717, 1.165) is 25.7 Å². The minimum absolute atomic E-state index is 0.00211. The lowest BCUT2D eigenvalue weighted by atomic mass is 10.1. The molecule has 45 heavy (non-hydrogen) atoms.